The van der Waals surface area contributed by atoms with Gasteiger partial charge in [0.1, 0.15) is 5.75 Å². The molecule has 2 aliphatic rings. The maximum atomic E-state index is 12.4. The van der Waals surface area contributed by atoms with Gasteiger partial charge in [0, 0.05) is 30.2 Å². The molecule has 110 valence electrons. The molecule has 0 saturated carbocycles. The van der Waals surface area contributed by atoms with E-state index in [1.165, 1.54) is 6.07 Å². The van der Waals surface area contributed by atoms with Crippen molar-refractivity contribution in [3.05, 3.63) is 28.8 Å². The summed E-state index contributed by atoms with van der Waals surface area (Å²) < 4.78 is 29.4. The van der Waals surface area contributed by atoms with Crippen molar-refractivity contribution < 1.29 is 13.5 Å². The van der Waals surface area contributed by atoms with Crippen LogP contribution in [0.3, 0.4) is 0 Å². The zero-order valence-corrected chi connectivity index (χ0v) is 11.7. The van der Waals surface area contributed by atoms with Crippen LogP contribution in [0.25, 0.3) is 0 Å². The number of hydrogen-bond donors (Lipinski definition) is 1. The summed E-state index contributed by atoms with van der Waals surface area (Å²) in [4.78, 5) is 2.29. The van der Waals surface area contributed by atoms with E-state index in [2.05, 4.69) is 15.0 Å². The Morgan fingerprint density at radius 2 is 2.00 bits per heavy atom. The lowest BCUT2D eigenvalue weighted by Crippen LogP contribution is -2.25. The van der Waals surface area contributed by atoms with E-state index in [9.17, 15) is 8.78 Å². The fourth-order valence-electron chi connectivity index (χ4n) is 3.21. The molecule has 0 aromatic heterocycles. The first-order valence-electron chi connectivity index (χ1n) is 6.78. The Kier molecular flexibility index (Phi) is 4.10. The van der Waals surface area contributed by atoms with Crippen LogP contribution in [0.4, 0.5) is 8.78 Å². The minimum atomic E-state index is -2.81. The lowest BCUT2D eigenvalue weighted by Gasteiger charge is -2.19. The zero-order chi connectivity index (χ0) is 14.1. The van der Waals surface area contributed by atoms with Crippen molar-refractivity contribution >= 4 is 11.6 Å². The first-order chi connectivity index (χ1) is 9.61. The summed E-state index contributed by atoms with van der Waals surface area (Å²) in [6, 6.07) is 4.80. The Hall–Kier alpha value is -0.910. The molecule has 20 heavy (non-hydrogen) atoms. The predicted octanol–water partition coefficient (Wildman–Crippen LogP) is 2.59. The molecule has 0 spiro atoms. The quantitative estimate of drug-likeness (QED) is 0.925. The third kappa shape index (κ3) is 3.05. The van der Waals surface area contributed by atoms with Crippen LogP contribution in [-0.4, -0.2) is 37.7 Å². The van der Waals surface area contributed by atoms with Crippen molar-refractivity contribution in [3.63, 3.8) is 0 Å². The molecular weight excluding hydrogens is 286 g/mol. The Morgan fingerprint density at radius 1 is 1.30 bits per heavy atom. The number of nitrogens with zero attached hydrogens (tertiary/aromatic N) is 1. The van der Waals surface area contributed by atoms with Gasteiger partial charge in [0.2, 0.25) is 0 Å². The largest absolute Gasteiger partial charge is 0.434 e. The van der Waals surface area contributed by atoms with Gasteiger partial charge in [-0.25, -0.2) is 0 Å². The van der Waals surface area contributed by atoms with Crippen LogP contribution < -0.4 is 10.1 Å². The van der Waals surface area contributed by atoms with Crippen LogP contribution in [0.1, 0.15) is 5.56 Å². The number of nitrogens with one attached hydrogen (secondary N) is 1. The molecule has 2 heterocycles. The molecule has 3 rings (SSSR count). The lowest BCUT2D eigenvalue weighted by atomic mass is 10.0. The Balaban J connectivity index is 1.71. The van der Waals surface area contributed by atoms with E-state index < -0.39 is 6.61 Å². The van der Waals surface area contributed by atoms with Crippen molar-refractivity contribution in [2.75, 3.05) is 26.2 Å². The van der Waals surface area contributed by atoms with Gasteiger partial charge in [-0.2, -0.15) is 8.78 Å². The highest BCUT2D eigenvalue weighted by Crippen LogP contribution is 2.31. The smallest absolute Gasteiger partial charge is 0.387 e. The van der Waals surface area contributed by atoms with E-state index in [1.54, 1.807) is 12.1 Å². The van der Waals surface area contributed by atoms with Gasteiger partial charge in [0.25, 0.3) is 0 Å². The molecule has 0 amide bonds. The third-order valence-corrected chi connectivity index (χ3v) is 4.33. The van der Waals surface area contributed by atoms with Crippen LogP contribution in [0.15, 0.2) is 18.2 Å². The zero-order valence-electron chi connectivity index (χ0n) is 11.0. The second kappa shape index (κ2) is 5.84. The average Bonchev–Trinajstić information content (AvgIpc) is 2.93. The summed E-state index contributed by atoms with van der Waals surface area (Å²) in [6.07, 6.45) is 0. The SMILES string of the molecule is FC(F)Oc1ccc(Cl)cc1CN1CC2CNCC2C1. The molecule has 1 N–H and O–H groups in total. The van der Waals surface area contributed by atoms with Crippen molar-refractivity contribution in [3.8, 4) is 5.75 Å². The van der Waals surface area contributed by atoms with Gasteiger partial charge in [-0.05, 0) is 43.1 Å². The molecule has 0 radical (unpaired) electrons. The van der Waals surface area contributed by atoms with Gasteiger partial charge in [0.15, 0.2) is 0 Å². The molecule has 1 aromatic rings. The number of benzene rings is 1. The first-order valence-corrected chi connectivity index (χ1v) is 7.16. The Bertz CT molecular complexity index is 474. The van der Waals surface area contributed by atoms with Crippen LogP contribution in [0.5, 0.6) is 5.75 Å². The van der Waals surface area contributed by atoms with E-state index >= 15 is 0 Å². The number of ether oxygens (including phenoxy) is 1. The average molecular weight is 303 g/mol. The Labute approximate surface area is 121 Å². The van der Waals surface area contributed by atoms with Crippen molar-refractivity contribution in [2.45, 2.75) is 13.2 Å². The van der Waals surface area contributed by atoms with E-state index in [4.69, 9.17) is 11.6 Å². The molecule has 0 aliphatic carbocycles. The second-order valence-corrected chi connectivity index (χ2v) is 5.94. The fourth-order valence-corrected chi connectivity index (χ4v) is 3.40. The van der Waals surface area contributed by atoms with Crippen LogP contribution in [-0.2, 0) is 6.54 Å². The van der Waals surface area contributed by atoms with E-state index in [0.29, 0.717) is 23.4 Å². The van der Waals surface area contributed by atoms with Crippen molar-refractivity contribution in [2.24, 2.45) is 11.8 Å². The first kappa shape index (κ1) is 14.0. The number of halogens is 3. The van der Waals surface area contributed by atoms with Gasteiger partial charge in [-0.15, -0.1) is 0 Å². The third-order valence-electron chi connectivity index (χ3n) is 4.10. The van der Waals surface area contributed by atoms with Gasteiger partial charge in [0.05, 0.1) is 0 Å². The van der Waals surface area contributed by atoms with E-state index in [-0.39, 0.29) is 5.75 Å². The number of hydrogen-bond acceptors (Lipinski definition) is 3. The topological polar surface area (TPSA) is 24.5 Å². The van der Waals surface area contributed by atoms with Gasteiger partial charge >= 0.3 is 6.61 Å². The standard InChI is InChI=1S/C14H17ClF2N2O/c15-12-1-2-13(20-14(16)17)9(3-12)6-19-7-10-4-18-5-11(10)8-19/h1-3,10-11,14,18H,4-8H2. The minimum absolute atomic E-state index is 0.222. The minimum Gasteiger partial charge on any atom is -0.434 e. The second-order valence-electron chi connectivity index (χ2n) is 5.50. The van der Waals surface area contributed by atoms with Gasteiger partial charge < -0.3 is 10.1 Å². The summed E-state index contributed by atoms with van der Waals surface area (Å²) in [6.45, 7) is 1.90. The normalized spacial score (nSPS) is 26.2. The summed E-state index contributed by atoms with van der Waals surface area (Å²) in [5.41, 5.74) is 0.728. The summed E-state index contributed by atoms with van der Waals surface area (Å²) >= 11 is 5.96. The summed E-state index contributed by atoms with van der Waals surface area (Å²) in [5.74, 6) is 1.57. The number of rotatable bonds is 4. The number of fused-ring (bicyclic) bond motifs is 1. The maximum Gasteiger partial charge on any atom is 0.387 e. The van der Waals surface area contributed by atoms with Crippen molar-refractivity contribution in [1.29, 1.82) is 0 Å². The lowest BCUT2D eigenvalue weighted by molar-refractivity contribution is -0.0507. The number of alkyl halides is 2. The number of likely N-dealkylation sites (tertiary alicyclic amines) is 1. The highest BCUT2D eigenvalue weighted by atomic mass is 35.5. The van der Waals surface area contributed by atoms with Crippen LogP contribution in [0.2, 0.25) is 5.02 Å². The van der Waals surface area contributed by atoms with E-state index in [1.807, 2.05) is 0 Å². The summed E-state index contributed by atoms with van der Waals surface area (Å²) in [5, 5.41) is 3.93. The van der Waals surface area contributed by atoms with Gasteiger partial charge in [-0.1, -0.05) is 11.6 Å². The van der Waals surface area contributed by atoms with E-state index in [0.717, 1.165) is 31.7 Å². The summed E-state index contributed by atoms with van der Waals surface area (Å²) in [7, 11) is 0. The van der Waals surface area contributed by atoms with Gasteiger partial charge in [-0.3, -0.25) is 4.90 Å². The maximum absolute atomic E-state index is 12.4. The molecule has 2 saturated heterocycles. The highest BCUT2D eigenvalue weighted by molar-refractivity contribution is 6.30. The molecule has 1 aromatic carbocycles. The molecule has 2 aliphatic heterocycles. The molecule has 2 atom stereocenters. The molecule has 6 heteroatoms. The highest BCUT2D eigenvalue weighted by Gasteiger charge is 2.36. The van der Waals surface area contributed by atoms with Crippen LogP contribution >= 0.6 is 11.6 Å². The predicted molar refractivity (Wildman–Crippen MR) is 73.2 cm³/mol. The Morgan fingerprint density at radius 3 is 2.65 bits per heavy atom. The monoisotopic (exact) mass is 302 g/mol. The fraction of sp³-hybridized carbons (Fsp3) is 0.571. The van der Waals surface area contributed by atoms with Crippen LogP contribution in [0, 0.1) is 11.8 Å². The van der Waals surface area contributed by atoms with Crippen molar-refractivity contribution in [1.82, 2.24) is 10.2 Å². The molecule has 2 unspecified atom stereocenters. The molecular formula is C14H17ClF2N2O. The molecule has 3 nitrogen and oxygen atoms in total. The molecule has 0 bridgehead atoms. The molecule has 2 fully saturated rings.